The van der Waals surface area contributed by atoms with E-state index in [1.807, 2.05) is 29.6 Å². The van der Waals surface area contributed by atoms with Gasteiger partial charge in [0.15, 0.2) is 0 Å². The van der Waals surface area contributed by atoms with Crippen LogP contribution in [-0.4, -0.2) is 74.3 Å². The summed E-state index contributed by atoms with van der Waals surface area (Å²) >= 11 is 5.95. The summed E-state index contributed by atoms with van der Waals surface area (Å²) in [5.41, 5.74) is 3.80. The van der Waals surface area contributed by atoms with E-state index in [1.165, 1.54) is 0 Å². The second-order valence-corrected chi connectivity index (χ2v) is 10.2. The minimum Gasteiger partial charge on any atom is -0.370 e. The van der Waals surface area contributed by atoms with Crippen LogP contribution in [0.5, 0.6) is 0 Å². The van der Waals surface area contributed by atoms with Gasteiger partial charge in [-0.2, -0.15) is 5.26 Å². The highest BCUT2D eigenvalue weighted by Gasteiger charge is 2.27. The molecule has 2 aliphatic heterocycles. The van der Waals surface area contributed by atoms with Gasteiger partial charge in [-0.3, -0.25) is 15.0 Å². The molecule has 2 aromatic rings. The summed E-state index contributed by atoms with van der Waals surface area (Å²) < 4.78 is 0. The number of rotatable bonds is 7. The maximum atomic E-state index is 13.0. The number of quaternary nitrogens is 1. The maximum Gasteiger partial charge on any atom is 0.262 e. The number of hydrogen-bond acceptors (Lipinski definition) is 6. The topological polar surface area (TPSA) is 103 Å². The molecule has 2 aliphatic rings. The van der Waals surface area contributed by atoms with Crippen molar-refractivity contribution in [2.24, 2.45) is 0 Å². The molecule has 2 aromatic carbocycles. The van der Waals surface area contributed by atoms with E-state index in [4.69, 9.17) is 17.0 Å². The highest BCUT2D eigenvalue weighted by atomic mass is 35.5. The number of piperazine rings is 1. The van der Waals surface area contributed by atoms with Gasteiger partial charge in [0.25, 0.3) is 5.91 Å². The molecule has 194 valence electrons. The van der Waals surface area contributed by atoms with Gasteiger partial charge >= 0.3 is 0 Å². The van der Waals surface area contributed by atoms with Crippen molar-refractivity contribution >= 4 is 40.8 Å². The third kappa shape index (κ3) is 6.76. The van der Waals surface area contributed by atoms with Crippen molar-refractivity contribution in [1.29, 1.82) is 10.7 Å². The summed E-state index contributed by atoms with van der Waals surface area (Å²) in [5, 5.41) is 23.0. The number of nitriles is 1. The minimum atomic E-state index is -0.387. The van der Waals surface area contributed by atoms with E-state index in [2.05, 4.69) is 33.1 Å². The third-order valence-corrected chi connectivity index (χ3v) is 7.55. The Kier molecular flexibility index (Phi) is 8.95. The first kappa shape index (κ1) is 26.8. The van der Waals surface area contributed by atoms with Crippen LogP contribution < -0.4 is 15.5 Å². The van der Waals surface area contributed by atoms with E-state index in [0.29, 0.717) is 28.0 Å². The first-order valence-corrected chi connectivity index (χ1v) is 13.1. The van der Waals surface area contributed by atoms with E-state index in [-0.39, 0.29) is 11.5 Å². The van der Waals surface area contributed by atoms with Gasteiger partial charge < -0.3 is 20.5 Å². The van der Waals surface area contributed by atoms with E-state index >= 15 is 0 Å². The summed E-state index contributed by atoms with van der Waals surface area (Å²) in [4.78, 5) is 20.2. The normalized spacial score (nSPS) is 18.2. The monoisotopic (exact) mass is 520 g/mol. The fourth-order valence-corrected chi connectivity index (χ4v) is 5.21. The number of allylic oxidation sites excluding steroid dienone is 1. The molecule has 1 amide bonds. The largest absolute Gasteiger partial charge is 0.370 e. The van der Waals surface area contributed by atoms with Crippen LogP contribution in [0.3, 0.4) is 0 Å². The Morgan fingerprint density at radius 2 is 1.78 bits per heavy atom. The lowest BCUT2D eigenvalue weighted by atomic mass is 10.0. The molecule has 2 fully saturated rings. The highest BCUT2D eigenvalue weighted by molar-refractivity contribution is 6.30. The molecule has 0 atom stereocenters. The maximum absolute atomic E-state index is 13.0. The number of carbonyl (C=O) groups excluding carboxylic acids is 1. The number of nitrogens with zero attached hydrogens (tertiary/aromatic N) is 4. The van der Waals surface area contributed by atoms with E-state index in [0.717, 1.165) is 69.7 Å². The Hall–Kier alpha value is -3.22. The highest BCUT2D eigenvalue weighted by Crippen LogP contribution is 2.28. The molecule has 2 heterocycles. The first-order chi connectivity index (χ1) is 17.9. The van der Waals surface area contributed by atoms with Crippen LogP contribution in [-0.2, 0) is 4.79 Å². The van der Waals surface area contributed by atoms with Gasteiger partial charge in [-0.25, -0.2) is 0 Å². The SMILES string of the molecule is CC([NH2+]c1ccc(Cl)cc1)=C(C=N)C(=O)Nc1ccc(N2CCC(N3CCN(C)CC3)CC2)c(C#N)c1. The zero-order valence-corrected chi connectivity index (χ0v) is 22.3. The van der Waals surface area contributed by atoms with Crippen LogP contribution in [0.25, 0.3) is 0 Å². The second-order valence-electron chi connectivity index (χ2n) is 9.79. The second kappa shape index (κ2) is 12.3. The lowest BCUT2D eigenvalue weighted by molar-refractivity contribution is -0.517. The number of likely N-dealkylation sites (N-methyl/N-ethyl adjacent to an activating group) is 1. The summed E-state index contributed by atoms with van der Waals surface area (Å²) in [6.07, 6.45) is 3.23. The molecule has 0 unspecified atom stereocenters. The number of hydrogen-bond donors (Lipinski definition) is 3. The number of nitrogens with two attached hydrogens (primary N) is 1. The van der Waals surface area contributed by atoms with Crippen molar-refractivity contribution in [2.75, 3.05) is 56.5 Å². The lowest BCUT2D eigenvalue weighted by Crippen LogP contribution is -2.75. The number of piperidine rings is 1. The predicted octanol–water partition coefficient (Wildman–Crippen LogP) is 3.19. The Morgan fingerprint density at radius 3 is 2.41 bits per heavy atom. The molecule has 0 saturated carbocycles. The summed E-state index contributed by atoms with van der Waals surface area (Å²) in [6, 6.07) is 15.7. The molecular weight excluding hydrogens is 486 g/mol. The van der Waals surface area contributed by atoms with Gasteiger partial charge in [0.1, 0.15) is 23.0 Å². The van der Waals surface area contributed by atoms with Crippen LogP contribution in [0, 0.1) is 16.7 Å². The van der Waals surface area contributed by atoms with E-state index in [9.17, 15) is 10.1 Å². The number of halogens is 1. The fraction of sp³-hybridized carbons (Fsp3) is 0.393. The number of anilines is 2. The Bertz CT molecular complexity index is 1190. The average Bonchev–Trinajstić information content (AvgIpc) is 2.91. The lowest BCUT2D eigenvalue weighted by Gasteiger charge is -2.42. The Balaban J connectivity index is 1.40. The van der Waals surface area contributed by atoms with Crippen molar-refractivity contribution in [2.45, 2.75) is 25.8 Å². The van der Waals surface area contributed by atoms with E-state index < -0.39 is 0 Å². The zero-order valence-electron chi connectivity index (χ0n) is 21.5. The quantitative estimate of drug-likeness (QED) is 0.295. The Morgan fingerprint density at radius 1 is 1.11 bits per heavy atom. The van der Waals surface area contributed by atoms with Crippen LogP contribution >= 0.6 is 11.6 Å². The molecule has 0 aliphatic carbocycles. The number of nitrogens with one attached hydrogen (secondary N) is 2. The third-order valence-electron chi connectivity index (χ3n) is 7.30. The average molecular weight is 521 g/mol. The van der Waals surface area contributed by atoms with Gasteiger partial charge in [0, 0.05) is 81.3 Å². The molecule has 0 radical (unpaired) electrons. The number of carbonyl (C=O) groups is 1. The van der Waals surface area contributed by atoms with Crippen molar-refractivity contribution in [3.8, 4) is 6.07 Å². The van der Waals surface area contributed by atoms with E-state index in [1.54, 1.807) is 25.1 Å². The molecule has 9 heteroatoms. The molecule has 0 bridgehead atoms. The van der Waals surface area contributed by atoms with Crippen LogP contribution in [0.2, 0.25) is 5.02 Å². The molecule has 0 spiro atoms. The zero-order chi connectivity index (χ0) is 26.4. The molecule has 4 N–H and O–H groups in total. The minimum absolute atomic E-state index is 0.253. The van der Waals surface area contributed by atoms with Crippen molar-refractivity contribution in [3.63, 3.8) is 0 Å². The summed E-state index contributed by atoms with van der Waals surface area (Å²) in [7, 11) is 2.18. The summed E-state index contributed by atoms with van der Waals surface area (Å²) in [6.45, 7) is 8.13. The van der Waals surface area contributed by atoms with Crippen LogP contribution in [0.4, 0.5) is 17.1 Å². The van der Waals surface area contributed by atoms with Crippen molar-refractivity contribution < 1.29 is 10.1 Å². The molecule has 2 saturated heterocycles. The van der Waals surface area contributed by atoms with Crippen molar-refractivity contribution in [1.82, 2.24) is 9.80 Å². The van der Waals surface area contributed by atoms with Gasteiger partial charge in [-0.15, -0.1) is 0 Å². The molecule has 4 rings (SSSR count). The van der Waals surface area contributed by atoms with Gasteiger partial charge in [0.05, 0.1) is 11.3 Å². The predicted molar refractivity (Wildman–Crippen MR) is 149 cm³/mol. The molecule has 8 nitrogen and oxygen atoms in total. The van der Waals surface area contributed by atoms with Crippen LogP contribution in [0.1, 0.15) is 25.3 Å². The number of benzene rings is 2. The molecule has 0 aromatic heterocycles. The Labute approximate surface area is 224 Å². The smallest absolute Gasteiger partial charge is 0.262 e. The van der Waals surface area contributed by atoms with Crippen LogP contribution in [0.15, 0.2) is 53.7 Å². The first-order valence-electron chi connectivity index (χ1n) is 12.7. The van der Waals surface area contributed by atoms with Crippen molar-refractivity contribution in [3.05, 3.63) is 64.3 Å². The number of amides is 1. The van der Waals surface area contributed by atoms with Gasteiger partial charge in [-0.05, 0) is 50.2 Å². The summed E-state index contributed by atoms with van der Waals surface area (Å²) in [5.74, 6) is -0.387. The molecule has 37 heavy (non-hydrogen) atoms. The molecular formula is C28H35ClN7O+. The van der Waals surface area contributed by atoms with Gasteiger partial charge in [-0.1, -0.05) is 11.6 Å². The van der Waals surface area contributed by atoms with Gasteiger partial charge in [0.2, 0.25) is 0 Å². The fourth-order valence-electron chi connectivity index (χ4n) is 5.08. The standard InChI is InChI=1S/C28H34ClN7O/c1-20(32-23-5-3-22(29)4-6-23)26(19-31)28(37)33-24-7-8-27(21(17-24)18-30)36-11-9-25(10-12-36)35-15-13-34(2)14-16-35/h3-8,17,19,25,31-32H,9-16H2,1-2H3,(H,33,37)/p+1.